The molecule has 0 aliphatic rings. The van der Waals surface area contributed by atoms with E-state index in [2.05, 4.69) is 41.4 Å². The van der Waals surface area contributed by atoms with E-state index in [1.807, 2.05) is 0 Å². The first-order chi connectivity index (χ1) is 9.13. The second-order valence-electron chi connectivity index (χ2n) is 5.02. The van der Waals surface area contributed by atoms with Crippen LogP contribution < -0.4 is 11.1 Å². The first kappa shape index (κ1) is 16.0. The normalized spacial score (nSPS) is 12.1. The van der Waals surface area contributed by atoms with Crippen LogP contribution in [-0.2, 0) is 6.54 Å². The van der Waals surface area contributed by atoms with Crippen molar-refractivity contribution in [3.63, 3.8) is 0 Å². The number of nitrogens with one attached hydrogen (secondary N) is 1. The number of nitrogens with two attached hydrogens (primary N) is 1. The van der Waals surface area contributed by atoms with Gasteiger partial charge in [-0.3, -0.25) is 0 Å². The molecule has 1 heterocycles. The van der Waals surface area contributed by atoms with Crippen LogP contribution in [0.4, 0.5) is 0 Å². The fourth-order valence-electron chi connectivity index (χ4n) is 1.65. The molecule has 5 heteroatoms. The summed E-state index contributed by atoms with van der Waals surface area (Å²) >= 11 is 1.69. The molecule has 0 fully saturated rings. The molecule has 0 aliphatic heterocycles. The summed E-state index contributed by atoms with van der Waals surface area (Å²) in [5.41, 5.74) is 6.82. The Bertz CT molecular complexity index is 385. The molecule has 0 saturated heterocycles. The van der Waals surface area contributed by atoms with Crippen LogP contribution >= 0.6 is 11.3 Å². The monoisotopic (exact) mass is 282 g/mol. The molecule has 0 saturated carbocycles. The molecule has 1 aromatic heterocycles. The standard InChI is InChI=1S/C14H26N4S/c1-4-5-6-7-8-16-14(15)17-9-12-10-19-13(18-12)11(2)3/h10-11H,4-9H2,1-3H3,(H3,15,16,17). The Morgan fingerprint density at radius 3 is 2.84 bits per heavy atom. The predicted molar refractivity (Wildman–Crippen MR) is 83.7 cm³/mol. The highest BCUT2D eigenvalue weighted by Crippen LogP contribution is 2.19. The number of rotatable bonds is 8. The zero-order chi connectivity index (χ0) is 14.1. The van der Waals surface area contributed by atoms with E-state index in [-0.39, 0.29) is 0 Å². The fraction of sp³-hybridized carbons (Fsp3) is 0.714. The van der Waals surface area contributed by atoms with Crippen molar-refractivity contribution >= 4 is 17.3 Å². The van der Waals surface area contributed by atoms with Gasteiger partial charge in [0.15, 0.2) is 5.96 Å². The summed E-state index contributed by atoms with van der Waals surface area (Å²) in [4.78, 5) is 8.84. The Labute approximate surface area is 120 Å². The maximum atomic E-state index is 5.82. The lowest BCUT2D eigenvalue weighted by Crippen LogP contribution is -2.32. The summed E-state index contributed by atoms with van der Waals surface area (Å²) in [6, 6.07) is 0. The molecular formula is C14H26N4S. The Morgan fingerprint density at radius 1 is 1.42 bits per heavy atom. The topological polar surface area (TPSA) is 63.3 Å². The molecule has 3 N–H and O–H groups in total. The molecular weight excluding hydrogens is 256 g/mol. The van der Waals surface area contributed by atoms with Crippen LogP contribution in [0, 0.1) is 0 Å². The van der Waals surface area contributed by atoms with Gasteiger partial charge in [-0.25, -0.2) is 9.98 Å². The number of guanidine groups is 1. The van der Waals surface area contributed by atoms with Crippen molar-refractivity contribution in [3.05, 3.63) is 16.1 Å². The number of aromatic nitrogens is 1. The van der Waals surface area contributed by atoms with Gasteiger partial charge in [0.2, 0.25) is 0 Å². The highest BCUT2D eigenvalue weighted by atomic mass is 32.1. The number of nitrogens with zero attached hydrogens (tertiary/aromatic N) is 2. The maximum absolute atomic E-state index is 5.82. The zero-order valence-corrected chi connectivity index (χ0v) is 13.1. The molecule has 0 aromatic carbocycles. The Morgan fingerprint density at radius 2 is 2.21 bits per heavy atom. The van der Waals surface area contributed by atoms with Gasteiger partial charge in [0.05, 0.1) is 17.2 Å². The lowest BCUT2D eigenvalue weighted by atomic mass is 10.2. The van der Waals surface area contributed by atoms with Crippen molar-refractivity contribution in [2.24, 2.45) is 10.7 Å². The van der Waals surface area contributed by atoms with Gasteiger partial charge in [0.25, 0.3) is 0 Å². The van der Waals surface area contributed by atoms with Crippen LogP contribution in [0.3, 0.4) is 0 Å². The number of thiazole rings is 1. The average molecular weight is 282 g/mol. The van der Waals surface area contributed by atoms with Crippen LogP contribution in [0.2, 0.25) is 0 Å². The van der Waals surface area contributed by atoms with Gasteiger partial charge < -0.3 is 11.1 Å². The minimum Gasteiger partial charge on any atom is -0.370 e. The van der Waals surface area contributed by atoms with E-state index in [4.69, 9.17) is 5.73 Å². The maximum Gasteiger partial charge on any atom is 0.188 e. The highest BCUT2D eigenvalue weighted by Gasteiger charge is 2.05. The number of unbranched alkanes of at least 4 members (excludes halogenated alkanes) is 3. The average Bonchev–Trinajstić information content (AvgIpc) is 2.85. The fourth-order valence-corrected chi connectivity index (χ4v) is 2.48. The summed E-state index contributed by atoms with van der Waals surface area (Å²) in [7, 11) is 0. The molecule has 1 rings (SSSR count). The third kappa shape index (κ3) is 6.57. The van der Waals surface area contributed by atoms with Crippen molar-refractivity contribution in [2.75, 3.05) is 6.54 Å². The lowest BCUT2D eigenvalue weighted by molar-refractivity contribution is 0.652. The third-order valence-electron chi connectivity index (χ3n) is 2.81. The third-order valence-corrected chi connectivity index (χ3v) is 4.01. The van der Waals surface area contributed by atoms with Gasteiger partial charge in [0, 0.05) is 17.8 Å². The van der Waals surface area contributed by atoms with E-state index in [0.29, 0.717) is 18.4 Å². The van der Waals surface area contributed by atoms with Crippen molar-refractivity contribution < 1.29 is 0 Å². The van der Waals surface area contributed by atoms with Crippen LogP contribution in [0.15, 0.2) is 10.4 Å². The van der Waals surface area contributed by atoms with E-state index >= 15 is 0 Å². The summed E-state index contributed by atoms with van der Waals surface area (Å²) in [5, 5.41) is 6.37. The largest absolute Gasteiger partial charge is 0.370 e. The first-order valence-corrected chi connectivity index (χ1v) is 7.99. The minimum atomic E-state index is 0.483. The smallest absolute Gasteiger partial charge is 0.188 e. The molecule has 0 unspecified atom stereocenters. The second-order valence-corrected chi connectivity index (χ2v) is 5.91. The predicted octanol–water partition coefficient (Wildman–Crippen LogP) is 3.25. The molecule has 4 nitrogen and oxygen atoms in total. The van der Waals surface area contributed by atoms with Crippen LogP contribution in [-0.4, -0.2) is 17.5 Å². The summed E-state index contributed by atoms with van der Waals surface area (Å²) < 4.78 is 0. The Hall–Kier alpha value is -1.10. The van der Waals surface area contributed by atoms with Gasteiger partial charge in [-0.15, -0.1) is 11.3 Å². The molecule has 0 bridgehead atoms. The Balaban J connectivity index is 2.26. The number of hydrogen-bond acceptors (Lipinski definition) is 3. The number of aliphatic imine (C=N–C) groups is 1. The van der Waals surface area contributed by atoms with Gasteiger partial charge in [-0.1, -0.05) is 40.0 Å². The first-order valence-electron chi connectivity index (χ1n) is 7.11. The summed E-state index contributed by atoms with van der Waals surface area (Å²) in [6.45, 7) is 7.99. The van der Waals surface area contributed by atoms with E-state index in [1.165, 1.54) is 19.3 Å². The van der Waals surface area contributed by atoms with Crippen LogP contribution in [0.1, 0.15) is 63.1 Å². The lowest BCUT2D eigenvalue weighted by Gasteiger charge is -2.04. The van der Waals surface area contributed by atoms with Gasteiger partial charge in [-0.05, 0) is 6.42 Å². The summed E-state index contributed by atoms with van der Waals surface area (Å²) in [6.07, 6.45) is 4.94. The SMILES string of the molecule is CCCCCCNC(N)=NCc1csc(C(C)C)n1. The molecule has 0 radical (unpaired) electrons. The Kier molecular flexibility index (Phi) is 7.48. The minimum absolute atomic E-state index is 0.483. The molecule has 0 spiro atoms. The van der Waals surface area contributed by atoms with Crippen LogP contribution in [0.25, 0.3) is 0 Å². The summed E-state index contributed by atoms with van der Waals surface area (Å²) in [5.74, 6) is 1.01. The van der Waals surface area contributed by atoms with Crippen molar-refractivity contribution in [1.82, 2.24) is 10.3 Å². The van der Waals surface area contributed by atoms with Crippen molar-refractivity contribution in [1.29, 1.82) is 0 Å². The van der Waals surface area contributed by atoms with Gasteiger partial charge in [-0.2, -0.15) is 0 Å². The molecule has 0 atom stereocenters. The van der Waals surface area contributed by atoms with Crippen molar-refractivity contribution in [2.45, 2.75) is 58.9 Å². The van der Waals surface area contributed by atoms with E-state index in [1.54, 1.807) is 11.3 Å². The number of hydrogen-bond donors (Lipinski definition) is 2. The molecule has 0 amide bonds. The van der Waals surface area contributed by atoms with Gasteiger partial charge >= 0.3 is 0 Å². The quantitative estimate of drug-likeness (QED) is 0.437. The second kappa shape index (κ2) is 8.91. The molecule has 0 aliphatic carbocycles. The van der Waals surface area contributed by atoms with Crippen molar-refractivity contribution in [3.8, 4) is 0 Å². The molecule has 1 aromatic rings. The van der Waals surface area contributed by atoms with E-state index < -0.39 is 0 Å². The molecule has 19 heavy (non-hydrogen) atoms. The molecule has 108 valence electrons. The zero-order valence-electron chi connectivity index (χ0n) is 12.3. The van der Waals surface area contributed by atoms with Crippen LogP contribution in [0.5, 0.6) is 0 Å². The van der Waals surface area contributed by atoms with E-state index in [9.17, 15) is 0 Å². The van der Waals surface area contributed by atoms with Gasteiger partial charge in [0.1, 0.15) is 0 Å². The van der Waals surface area contributed by atoms with E-state index in [0.717, 1.165) is 23.7 Å². The highest BCUT2D eigenvalue weighted by molar-refractivity contribution is 7.09.